The van der Waals surface area contributed by atoms with Gasteiger partial charge >= 0.3 is 0 Å². The number of hydrogen-bond acceptors (Lipinski definition) is 7. The number of aliphatic hydroxyl groups excluding tert-OH is 1. The number of aliphatic hydroxyl groups is 1. The Morgan fingerprint density at radius 2 is 1.89 bits per heavy atom. The molecule has 2 aliphatic heterocycles. The van der Waals surface area contributed by atoms with Gasteiger partial charge in [0.15, 0.2) is 11.5 Å². The fourth-order valence-electron chi connectivity index (χ4n) is 4.90. The van der Waals surface area contributed by atoms with E-state index >= 15 is 0 Å². The van der Waals surface area contributed by atoms with Gasteiger partial charge < -0.3 is 24.2 Å². The van der Waals surface area contributed by atoms with E-state index in [-0.39, 0.29) is 24.0 Å². The molecule has 2 aliphatic rings. The van der Waals surface area contributed by atoms with Crippen LogP contribution in [0.2, 0.25) is 0 Å². The van der Waals surface area contributed by atoms with E-state index in [1.807, 2.05) is 13.0 Å². The molecule has 1 amide bonds. The standard InChI is InChI=1S/C28H26N2O6/c1-16-13-19-14-18(7-8-21(19)36-16)25(31)23-24(20-5-4-6-22(34-2)27(20)35-3)30(28(33)26(23)32)15-17-9-11-29-12-10-17/h4-12,14,16,24,31H,13,15H2,1-3H3/b25-23+. The molecule has 2 atom stereocenters. The highest BCUT2D eigenvalue weighted by Crippen LogP contribution is 2.46. The molecule has 0 radical (unpaired) electrons. The van der Waals surface area contributed by atoms with Crippen LogP contribution in [0.3, 0.4) is 0 Å². The second kappa shape index (κ2) is 9.37. The van der Waals surface area contributed by atoms with Crippen LogP contribution in [0, 0.1) is 0 Å². The first-order valence-electron chi connectivity index (χ1n) is 11.6. The molecule has 0 spiro atoms. The Morgan fingerprint density at radius 3 is 2.61 bits per heavy atom. The summed E-state index contributed by atoms with van der Waals surface area (Å²) in [7, 11) is 3.02. The number of likely N-dealkylation sites (tertiary alicyclic amines) is 1. The Hall–Kier alpha value is -4.33. The fourth-order valence-corrected chi connectivity index (χ4v) is 4.90. The molecule has 3 aromatic rings. The molecular formula is C28H26N2O6. The van der Waals surface area contributed by atoms with Gasteiger partial charge in [0, 0.05) is 36.5 Å². The van der Waals surface area contributed by atoms with Crippen LogP contribution in [-0.4, -0.2) is 47.0 Å². The van der Waals surface area contributed by atoms with Crippen molar-refractivity contribution in [2.45, 2.75) is 32.0 Å². The zero-order valence-electron chi connectivity index (χ0n) is 20.2. The Balaban J connectivity index is 1.69. The Morgan fingerprint density at radius 1 is 1.11 bits per heavy atom. The van der Waals surface area contributed by atoms with Crippen LogP contribution in [0.25, 0.3) is 5.76 Å². The highest BCUT2D eigenvalue weighted by atomic mass is 16.5. The van der Waals surface area contributed by atoms with E-state index in [1.165, 1.54) is 19.1 Å². The number of hydrogen-bond donors (Lipinski definition) is 1. The number of carbonyl (C=O) groups excluding carboxylic acids is 2. The first kappa shape index (κ1) is 23.4. The van der Waals surface area contributed by atoms with E-state index in [0.717, 1.165) is 16.9 Å². The Bertz CT molecular complexity index is 1370. The van der Waals surface area contributed by atoms with E-state index in [4.69, 9.17) is 14.2 Å². The molecule has 0 aliphatic carbocycles. The van der Waals surface area contributed by atoms with Crippen molar-refractivity contribution in [3.8, 4) is 17.2 Å². The van der Waals surface area contributed by atoms with E-state index in [9.17, 15) is 14.7 Å². The predicted molar refractivity (Wildman–Crippen MR) is 132 cm³/mol. The third-order valence-corrected chi connectivity index (χ3v) is 6.54. The summed E-state index contributed by atoms with van der Waals surface area (Å²) in [6.07, 6.45) is 3.98. The number of benzene rings is 2. The van der Waals surface area contributed by atoms with Crippen molar-refractivity contribution in [1.29, 1.82) is 0 Å². The van der Waals surface area contributed by atoms with Gasteiger partial charge in [0.1, 0.15) is 17.6 Å². The number of Topliss-reactive ketones (excluding diaryl/α,β-unsaturated/α-hetero) is 1. The number of aromatic nitrogens is 1. The summed E-state index contributed by atoms with van der Waals surface area (Å²) in [5, 5.41) is 11.5. The first-order chi connectivity index (χ1) is 17.4. The van der Waals surface area contributed by atoms with Gasteiger partial charge in [-0.3, -0.25) is 14.6 Å². The van der Waals surface area contributed by atoms with Gasteiger partial charge in [0.05, 0.1) is 25.8 Å². The van der Waals surface area contributed by atoms with E-state index < -0.39 is 17.7 Å². The minimum absolute atomic E-state index is 0.00692. The van der Waals surface area contributed by atoms with Crippen molar-refractivity contribution in [3.05, 3.63) is 88.8 Å². The number of pyridine rings is 1. The van der Waals surface area contributed by atoms with Gasteiger partial charge in [0.2, 0.25) is 0 Å². The molecule has 2 aromatic carbocycles. The summed E-state index contributed by atoms with van der Waals surface area (Å²) in [5.41, 5.74) is 2.70. The van der Waals surface area contributed by atoms with Gasteiger partial charge in [-0.2, -0.15) is 0 Å². The second-order valence-electron chi connectivity index (χ2n) is 8.82. The maximum Gasteiger partial charge on any atom is 0.295 e. The normalized spacial score (nSPS) is 20.2. The van der Waals surface area contributed by atoms with E-state index in [2.05, 4.69) is 4.98 Å². The lowest BCUT2D eigenvalue weighted by Gasteiger charge is -2.27. The van der Waals surface area contributed by atoms with Crippen LogP contribution in [-0.2, 0) is 22.6 Å². The van der Waals surface area contributed by atoms with Crippen LogP contribution in [0.5, 0.6) is 17.2 Å². The number of ether oxygens (including phenoxy) is 3. The summed E-state index contributed by atoms with van der Waals surface area (Å²) < 4.78 is 16.9. The molecule has 1 saturated heterocycles. The second-order valence-corrected chi connectivity index (χ2v) is 8.82. The average molecular weight is 487 g/mol. The number of fused-ring (bicyclic) bond motifs is 1. The maximum atomic E-state index is 13.4. The quantitative estimate of drug-likeness (QED) is 0.319. The lowest BCUT2D eigenvalue weighted by molar-refractivity contribution is -0.140. The summed E-state index contributed by atoms with van der Waals surface area (Å²) >= 11 is 0. The van der Waals surface area contributed by atoms with Crippen LogP contribution in [0.4, 0.5) is 0 Å². The first-order valence-corrected chi connectivity index (χ1v) is 11.6. The molecular weight excluding hydrogens is 460 g/mol. The smallest absolute Gasteiger partial charge is 0.295 e. The summed E-state index contributed by atoms with van der Waals surface area (Å²) in [5.74, 6) is -0.129. The van der Waals surface area contributed by atoms with Gasteiger partial charge in [0.25, 0.3) is 11.7 Å². The van der Waals surface area contributed by atoms with Crippen LogP contribution < -0.4 is 14.2 Å². The highest BCUT2D eigenvalue weighted by molar-refractivity contribution is 6.46. The highest BCUT2D eigenvalue weighted by Gasteiger charge is 2.47. The molecule has 8 heteroatoms. The zero-order valence-corrected chi connectivity index (χ0v) is 20.2. The molecule has 36 heavy (non-hydrogen) atoms. The zero-order chi connectivity index (χ0) is 25.4. The summed E-state index contributed by atoms with van der Waals surface area (Å²) in [4.78, 5) is 32.2. The summed E-state index contributed by atoms with van der Waals surface area (Å²) in [6.45, 7) is 2.11. The Labute approximate surface area is 208 Å². The van der Waals surface area contributed by atoms with Crippen molar-refractivity contribution < 1.29 is 28.9 Å². The molecule has 1 aromatic heterocycles. The van der Waals surface area contributed by atoms with Gasteiger partial charge in [-0.15, -0.1) is 0 Å². The van der Waals surface area contributed by atoms with Crippen molar-refractivity contribution >= 4 is 17.4 Å². The minimum Gasteiger partial charge on any atom is -0.507 e. The van der Waals surface area contributed by atoms with Gasteiger partial charge in [-0.05, 0) is 54.4 Å². The van der Waals surface area contributed by atoms with Gasteiger partial charge in [-0.1, -0.05) is 12.1 Å². The van der Waals surface area contributed by atoms with Crippen LogP contribution in [0.1, 0.15) is 35.2 Å². The van der Waals surface area contributed by atoms with Crippen LogP contribution >= 0.6 is 0 Å². The van der Waals surface area contributed by atoms with Crippen LogP contribution in [0.15, 0.2) is 66.5 Å². The topological polar surface area (TPSA) is 98.2 Å². The number of carbonyl (C=O) groups is 2. The number of rotatable bonds is 6. The van der Waals surface area contributed by atoms with Crippen molar-refractivity contribution in [2.75, 3.05) is 14.2 Å². The van der Waals surface area contributed by atoms with Gasteiger partial charge in [-0.25, -0.2) is 0 Å². The molecule has 184 valence electrons. The molecule has 3 heterocycles. The third-order valence-electron chi connectivity index (χ3n) is 6.54. The Kier molecular flexibility index (Phi) is 6.10. The monoisotopic (exact) mass is 486 g/mol. The number of nitrogens with zero attached hydrogens (tertiary/aromatic N) is 2. The minimum atomic E-state index is -0.897. The third kappa shape index (κ3) is 3.94. The maximum absolute atomic E-state index is 13.4. The average Bonchev–Trinajstić information content (AvgIpc) is 3.39. The molecule has 2 unspecified atom stereocenters. The number of methoxy groups -OCH3 is 2. The predicted octanol–water partition coefficient (Wildman–Crippen LogP) is 4.04. The largest absolute Gasteiger partial charge is 0.507 e. The summed E-state index contributed by atoms with van der Waals surface area (Å²) in [6, 6.07) is 13.2. The lowest BCUT2D eigenvalue weighted by Crippen LogP contribution is -2.29. The number of para-hydroxylation sites is 1. The molecule has 5 rings (SSSR count). The fraction of sp³-hybridized carbons (Fsp3) is 0.250. The van der Waals surface area contributed by atoms with Crippen molar-refractivity contribution in [3.63, 3.8) is 0 Å². The lowest BCUT2D eigenvalue weighted by atomic mass is 9.93. The molecule has 1 N–H and O–H groups in total. The SMILES string of the molecule is COc1cccc(C2/C(=C(\O)c3ccc4c(c3)CC(C)O4)C(=O)C(=O)N2Cc2ccncc2)c1OC. The van der Waals surface area contributed by atoms with E-state index in [0.29, 0.717) is 29.0 Å². The van der Waals surface area contributed by atoms with E-state index in [1.54, 1.807) is 54.9 Å². The van der Waals surface area contributed by atoms with Crippen molar-refractivity contribution in [1.82, 2.24) is 9.88 Å². The molecule has 0 saturated carbocycles. The molecule has 8 nitrogen and oxygen atoms in total. The number of amides is 1. The number of ketones is 1. The molecule has 1 fully saturated rings. The molecule has 0 bridgehead atoms. The van der Waals surface area contributed by atoms with Crippen molar-refractivity contribution in [2.24, 2.45) is 0 Å².